The Kier molecular flexibility index (Phi) is 5.48. The molecule has 7 heteroatoms. The number of anilines is 1. The first kappa shape index (κ1) is 16.0. The van der Waals surface area contributed by atoms with Crippen molar-refractivity contribution in [3.05, 3.63) is 48.3 Å². The maximum absolute atomic E-state index is 12.3. The van der Waals surface area contributed by atoms with E-state index >= 15 is 0 Å². The minimum absolute atomic E-state index is 0.130. The van der Waals surface area contributed by atoms with Gasteiger partial charge in [0.1, 0.15) is 0 Å². The lowest BCUT2D eigenvalue weighted by Gasteiger charge is -2.13. The van der Waals surface area contributed by atoms with E-state index in [0.29, 0.717) is 17.3 Å². The van der Waals surface area contributed by atoms with Crippen LogP contribution in [0.25, 0.3) is 0 Å². The Morgan fingerprint density at radius 1 is 1.27 bits per heavy atom. The van der Waals surface area contributed by atoms with Crippen LogP contribution in [0.4, 0.5) is 5.69 Å². The molecule has 0 saturated carbocycles. The van der Waals surface area contributed by atoms with Crippen molar-refractivity contribution >= 4 is 29.3 Å². The Morgan fingerprint density at radius 3 is 2.64 bits per heavy atom. The smallest absolute Gasteiger partial charge is 0.335 e. The highest BCUT2D eigenvalue weighted by Gasteiger charge is 2.19. The molecular formula is C15H15N3O3S. The number of aromatic nitrogens is 2. The molecule has 0 aliphatic carbocycles. The monoisotopic (exact) mass is 317 g/mol. The summed E-state index contributed by atoms with van der Waals surface area (Å²) in [5, 5.41) is 11.9. The molecule has 1 amide bonds. The number of thioether (sulfide) groups is 1. The average Bonchev–Trinajstić information content (AvgIpc) is 2.53. The number of nitrogens with one attached hydrogen (secondary N) is 1. The maximum Gasteiger partial charge on any atom is 0.335 e. The van der Waals surface area contributed by atoms with E-state index in [1.807, 2.05) is 6.92 Å². The first-order chi connectivity index (χ1) is 10.6. The van der Waals surface area contributed by atoms with Gasteiger partial charge in [0.25, 0.3) is 0 Å². The van der Waals surface area contributed by atoms with Crippen LogP contribution in [0.1, 0.15) is 23.7 Å². The average molecular weight is 317 g/mol. The van der Waals surface area contributed by atoms with E-state index in [1.165, 1.54) is 23.9 Å². The van der Waals surface area contributed by atoms with E-state index in [1.54, 1.807) is 30.6 Å². The zero-order chi connectivity index (χ0) is 15.9. The van der Waals surface area contributed by atoms with Gasteiger partial charge >= 0.3 is 5.97 Å². The van der Waals surface area contributed by atoms with Crippen LogP contribution in [-0.2, 0) is 4.79 Å². The van der Waals surface area contributed by atoms with Crippen molar-refractivity contribution in [2.24, 2.45) is 0 Å². The number of rotatable bonds is 6. The summed E-state index contributed by atoms with van der Waals surface area (Å²) in [4.78, 5) is 31.4. The zero-order valence-corrected chi connectivity index (χ0v) is 12.7. The van der Waals surface area contributed by atoms with Crippen LogP contribution in [0.5, 0.6) is 0 Å². The lowest BCUT2D eigenvalue weighted by Crippen LogP contribution is -2.25. The third-order valence-electron chi connectivity index (χ3n) is 2.83. The molecule has 2 aromatic rings. The summed E-state index contributed by atoms with van der Waals surface area (Å²) in [5.41, 5.74) is 0.586. The molecule has 0 aliphatic heterocycles. The molecule has 1 aromatic heterocycles. The van der Waals surface area contributed by atoms with Crippen molar-refractivity contribution in [2.75, 3.05) is 5.32 Å². The number of amides is 1. The van der Waals surface area contributed by atoms with Crippen LogP contribution < -0.4 is 5.32 Å². The van der Waals surface area contributed by atoms with Crippen molar-refractivity contribution in [3.63, 3.8) is 0 Å². The summed E-state index contributed by atoms with van der Waals surface area (Å²) in [6, 6.07) is 7.86. The van der Waals surface area contributed by atoms with Gasteiger partial charge in [-0.1, -0.05) is 24.8 Å². The second-order valence-corrected chi connectivity index (χ2v) is 5.59. The minimum atomic E-state index is -1.03. The SMILES string of the molecule is CCC(Sc1ncccn1)C(=O)Nc1cccc(C(=O)O)c1. The van der Waals surface area contributed by atoms with Gasteiger partial charge in [-0.3, -0.25) is 4.79 Å². The van der Waals surface area contributed by atoms with Gasteiger partial charge in [0.15, 0.2) is 5.16 Å². The van der Waals surface area contributed by atoms with Crippen molar-refractivity contribution in [1.29, 1.82) is 0 Å². The van der Waals surface area contributed by atoms with Crippen LogP contribution >= 0.6 is 11.8 Å². The second kappa shape index (κ2) is 7.56. The first-order valence-corrected chi connectivity index (χ1v) is 7.56. The fourth-order valence-electron chi connectivity index (χ4n) is 1.75. The quantitative estimate of drug-likeness (QED) is 0.628. The fourth-order valence-corrected chi connectivity index (χ4v) is 2.58. The summed E-state index contributed by atoms with van der Waals surface area (Å²) in [7, 11) is 0. The second-order valence-electron chi connectivity index (χ2n) is 4.42. The van der Waals surface area contributed by atoms with Gasteiger partial charge in [-0.15, -0.1) is 0 Å². The number of benzene rings is 1. The molecule has 2 rings (SSSR count). The summed E-state index contributed by atoms with van der Waals surface area (Å²) in [6.45, 7) is 1.90. The highest BCUT2D eigenvalue weighted by atomic mass is 32.2. The summed E-state index contributed by atoms with van der Waals surface area (Å²) >= 11 is 1.28. The molecule has 0 spiro atoms. The summed E-state index contributed by atoms with van der Waals surface area (Å²) < 4.78 is 0. The number of carboxylic acid groups (broad SMARTS) is 1. The molecule has 0 fully saturated rings. The standard InChI is InChI=1S/C15H15N3O3S/c1-2-12(22-15-16-7-4-8-17-15)13(19)18-11-6-3-5-10(9-11)14(20)21/h3-9,12H,2H2,1H3,(H,18,19)(H,20,21). The lowest BCUT2D eigenvalue weighted by atomic mass is 10.2. The molecule has 0 radical (unpaired) electrons. The molecule has 2 N–H and O–H groups in total. The number of carbonyl (C=O) groups excluding carboxylic acids is 1. The fraction of sp³-hybridized carbons (Fsp3) is 0.200. The number of carboxylic acids is 1. The molecule has 0 saturated heterocycles. The molecule has 1 atom stereocenters. The Labute approximate surface area is 132 Å². The summed E-state index contributed by atoms with van der Waals surface area (Å²) in [6.07, 6.45) is 3.85. The number of carbonyl (C=O) groups is 2. The third kappa shape index (κ3) is 4.29. The van der Waals surface area contributed by atoms with E-state index in [0.717, 1.165) is 0 Å². The molecule has 114 valence electrons. The van der Waals surface area contributed by atoms with Crippen LogP contribution in [0, 0.1) is 0 Å². The third-order valence-corrected chi connectivity index (χ3v) is 4.08. The van der Waals surface area contributed by atoms with Gasteiger partial charge in [0.05, 0.1) is 10.8 Å². The van der Waals surface area contributed by atoms with Crippen LogP contribution in [0.3, 0.4) is 0 Å². The van der Waals surface area contributed by atoms with Gasteiger partial charge in [-0.05, 0) is 30.7 Å². The van der Waals surface area contributed by atoms with E-state index in [4.69, 9.17) is 5.11 Å². The van der Waals surface area contributed by atoms with Gasteiger partial charge in [-0.2, -0.15) is 0 Å². The van der Waals surface area contributed by atoms with E-state index < -0.39 is 5.97 Å². The molecule has 0 aliphatic rings. The molecule has 6 nitrogen and oxygen atoms in total. The number of hydrogen-bond acceptors (Lipinski definition) is 5. The normalized spacial score (nSPS) is 11.7. The molecule has 22 heavy (non-hydrogen) atoms. The first-order valence-electron chi connectivity index (χ1n) is 6.68. The highest BCUT2D eigenvalue weighted by molar-refractivity contribution is 8.00. The number of nitrogens with zero attached hydrogens (tertiary/aromatic N) is 2. The van der Waals surface area contributed by atoms with Crippen molar-refractivity contribution in [2.45, 2.75) is 23.8 Å². The topological polar surface area (TPSA) is 92.2 Å². The Hall–Kier alpha value is -2.41. The minimum Gasteiger partial charge on any atom is -0.478 e. The van der Waals surface area contributed by atoms with Gasteiger partial charge in [0, 0.05) is 18.1 Å². The number of aromatic carboxylic acids is 1. The van der Waals surface area contributed by atoms with E-state index in [9.17, 15) is 9.59 Å². The van der Waals surface area contributed by atoms with E-state index in [-0.39, 0.29) is 16.7 Å². The van der Waals surface area contributed by atoms with Crippen LogP contribution in [-0.4, -0.2) is 32.2 Å². The Morgan fingerprint density at radius 2 is 2.00 bits per heavy atom. The van der Waals surface area contributed by atoms with Crippen molar-refractivity contribution in [1.82, 2.24) is 9.97 Å². The predicted octanol–water partition coefficient (Wildman–Crippen LogP) is 2.68. The molecule has 1 aromatic carbocycles. The molecule has 1 heterocycles. The van der Waals surface area contributed by atoms with E-state index in [2.05, 4.69) is 15.3 Å². The van der Waals surface area contributed by atoms with Crippen molar-refractivity contribution in [3.8, 4) is 0 Å². The maximum atomic E-state index is 12.3. The van der Waals surface area contributed by atoms with Gasteiger partial charge < -0.3 is 10.4 Å². The molecule has 1 unspecified atom stereocenters. The molecular weight excluding hydrogens is 302 g/mol. The Bertz CT molecular complexity index is 664. The zero-order valence-electron chi connectivity index (χ0n) is 11.9. The summed E-state index contributed by atoms with van der Waals surface area (Å²) in [5.74, 6) is -1.24. The lowest BCUT2D eigenvalue weighted by molar-refractivity contribution is -0.115. The Balaban J connectivity index is 2.06. The largest absolute Gasteiger partial charge is 0.478 e. The molecule has 0 bridgehead atoms. The van der Waals surface area contributed by atoms with Crippen LogP contribution in [0.2, 0.25) is 0 Å². The van der Waals surface area contributed by atoms with Crippen molar-refractivity contribution < 1.29 is 14.7 Å². The highest BCUT2D eigenvalue weighted by Crippen LogP contribution is 2.23. The predicted molar refractivity (Wildman–Crippen MR) is 84.0 cm³/mol. The van der Waals surface area contributed by atoms with Gasteiger partial charge in [-0.25, -0.2) is 14.8 Å². The van der Waals surface area contributed by atoms with Crippen LogP contribution in [0.15, 0.2) is 47.9 Å². The van der Waals surface area contributed by atoms with Gasteiger partial charge in [0.2, 0.25) is 5.91 Å². The number of hydrogen-bond donors (Lipinski definition) is 2.